The van der Waals surface area contributed by atoms with E-state index >= 15 is 0 Å². The van der Waals surface area contributed by atoms with Gasteiger partial charge in [-0.15, -0.1) is 11.8 Å². The van der Waals surface area contributed by atoms with Gasteiger partial charge in [0.25, 0.3) is 0 Å². The number of nitrogens with zero attached hydrogens (tertiary/aromatic N) is 2. The highest BCUT2D eigenvalue weighted by molar-refractivity contribution is 8.01. The third-order valence-corrected chi connectivity index (χ3v) is 4.11. The average molecular weight is 313 g/mol. The molecule has 0 aliphatic carbocycles. The van der Waals surface area contributed by atoms with Crippen LogP contribution in [0, 0.1) is 6.92 Å². The second kappa shape index (κ2) is 8.71. The van der Waals surface area contributed by atoms with E-state index in [1.165, 1.54) is 11.8 Å². The molecule has 0 aromatic carbocycles. The molecule has 0 fully saturated rings. The smallest absolute Gasteiger partial charge is 0.238 e. The number of aromatic nitrogens is 1. The van der Waals surface area contributed by atoms with Crippen LogP contribution >= 0.6 is 11.8 Å². The van der Waals surface area contributed by atoms with Gasteiger partial charge >= 0.3 is 0 Å². The van der Waals surface area contributed by atoms with Crippen LogP contribution in [0.15, 0.2) is 10.6 Å². The lowest BCUT2D eigenvalue weighted by Gasteiger charge is -2.17. The number of aryl methyl sites for hydroxylation is 1. The number of amides is 2. The van der Waals surface area contributed by atoms with Crippen molar-refractivity contribution in [2.75, 3.05) is 24.7 Å². The molecule has 1 unspecified atom stereocenters. The number of rotatable bonds is 8. The fourth-order valence-corrected chi connectivity index (χ4v) is 2.38. The van der Waals surface area contributed by atoms with Gasteiger partial charge in [-0.3, -0.25) is 9.59 Å². The van der Waals surface area contributed by atoms with E-state index in [2.05, 4.69) is 17.4 Å². The number of hydrogen-bond donors (Lipinski definition) is 1. The molecular formula is C14H23N3O3S. The van der Waals surface area contributed by atoms with Crippen LogP contribution in [-0.2, 0) is 9.59 Å². The van der Waals surface area contributed by atoms with Crippen molar-refractivity contribution in [3.8, 4) is 0 Å². The van der Waals surface area contributed by atoms with Crippen LogP contribution in [-0.4, -0.2) is 46.5 Å². The van der Waals surface area contributed by atoms with Gasteiger partial charge < -0.3 is 14.7 Å². The van der Waals surface area contributed by atoms with Crippen LogP contribution in [0.2, 0.25) is 0 Å². The Morgan fingerprint density at radius 3 is 2.81 bits per heavy atom. The summed E-state index contributed by atoms with van der Waals surface area (Å²) in [5.74, 6) is 1.20. The Labute approximate surface area is 129 Å². The average Bonchev–Trinajstić information content (AvgIpc) is 2.86. The highest BCUT2D eigenvalue weighted by Gasteiger charge is 2.18. The molecular weight excluding hydrogens is 290 g/mol. The van der Waals surface area contributed by atoms with Crippen LogP contribution in [0.5, 0.6) is 0 Å². The van der Waals surface area contributed by atoms with Gasteiger partial charge in [0.15, 0.2) is 5.82 Å². The Hall–Kier alpha value is -1.50. The Morgan fingerprint density at radius 2 is 2.24 bits per heavy atom. The first-order valence-corrected chi connectivity index (χ1v) is 8.08. The van der Waals surface area contributed by atoms with Crippen molar-refractivity contribution < 1.29 is 14.1 Å². The summed E-state index contributed by atoms with van der Waals surface area (Å²) in [6.07, 6.45) is 2.05. The summed E-state index contributed by atoms with van der Waals surface area (Å²) in [4.78, 5) is 25.5. The summed E-state index contributed by atoms with van der Waals surface area (Å²) >= 11 is 1.32. The zero-order chi connectivity index (χ0) is 15.8. The number of nitrogens with one attached hydrogen (secondary N) is 1. The molecule has 1 rings (SSSR count). The van der Waals surface area contributed by atoms with Gasteiger partial charge in [0.05, 0.1) is 11.0 Å². The Bertz CT molecular complexity index is 476. The van der Waals surface area contributed by atoms with Gasteiger partial charge in [-0.2, -0.15) is 0 Å². The fourth-order valence-electron chi connectivity index (χ4n) is 1.56. The zero-order valence-electron chi connectivity index (χ0n) is 13.0. The van der Waals surface area contributed by atoms with Crippen molar-refractivity contribution in [1.82, 2.24) is 10.1 Å². The van der Waals surface area contributed by atoms with Crippen LogP contribution in [0.1, 0.15) is 32.4 Å². The largest absolute Gasteiger partial charge is 0.360 e. The minimum absolute atomic E-state index is 0.0466. The summed E-state index contributed by atoms with van der Waals surface area (Å²) in [7, 11) is 1.79. The van der Waals surface area contributed by atoms with E-state index in [0.29, 0.717) is 17.3 Å². The van der Waals surface area contributed by atoms with Crippen LogP contribution < -0.4 is 5.32 Å². The molecule has 0 radical (unpaired) electrons. The first kappa shape index (κ1) is 17.6. The number of carbonyl (C=O) groups is 2. The topological polar surface area (TPSA) is 75.4 Å². The standard InChI is InChI=1S/C14H23N3O3S/c1-5-6-7-17(4)13(18)9-21-11(3)14(19)15-12-8-10(2)20-16-12/h8,11H,5-7,9H2,1-4H3,(H,15,16,19). The molecule has 0 saturated heterocycles. The van der Waals surface area contributed by atoms with Crippen LogP contribution in [0.4, 0.5) is 5.82 Å². The number of anilines is 1. The molecule has 1 aromatic heterocycles. The molecule has 7 heteroatoms. The summed E-state index contributed by atoms with van der Waals surface area (Å²) < 4.78 is 4.88. The van der Waals surface area contributed by atoms with E-state index in [9.17, 15) is 9.59 Å². The van der Waals surface area contributed by atoms with Crippen LogP contribution in [0.25, 0.3) is 0 Å². The lowest BCUT2D eigenvalue weighted by atomic mass is 10.3. The second-order valence-electron chi connectivity index (χ2n) is 4.93. The zero-order valence-corrected chi connectivity index (χ0v) is 13.8. The minimum atomic E-state index is -0.328. The molecule has 2 amide bonds. The number of hydrogen-bond acceptors (Lipinski definition) is 5. The Morgan fingerprint density at radius 1 is 1.52 bits per heavy atom. The highest BCUT2D eigenvalue weighted by Crippen LogP contribution is 2.14. The molecule has 1 aromatic rings. The van der Waals surface area contributed by atoms with Crippen molar-refractivity contribution in [1.29, 1.82) is 0 Å². The third-order valence-electron chi connectivity index (χ3n) is 2.98. The van der Waals surface area contributed by atoms with Crippen LogP contribution in [0.3, 0.4) is 0 Å². The number of carbonyl (C=O) groups excluding carboxylic acids is 2. The van der Waals surface area contributed by atoms with Crippen molar-refractivity contribution in [3.63, 3.8) is 0 Å². The number of unbranched alkanes of at least 4 members (excludes halogenated alkanes) is 1. The molecule has 21 heavy (non-hydrogen) atoms. The SMILES string of the molecule is CCCCN(C)C(=O)CSC(C)C(=O)Nc1cc(C)on1. The highest BCUT2D eigenvalue weighted by atomic mass is 32.2. The third kappa shape index (κ3) is 6.20. The molecule has 0 saturated carbocycles. The van der Waals surface area contributed by atoms with Crippen molar-refractivity contribution >= 4 is 29.4 Å². The maximum absolute atomic E-state index is 11.9. The lowest BCUT2D eigenvalue weighted by molar-refractivity contribution is -0.127. The molecule has 0 aliphatic heterocycles. The molecule has 0 spiro atoms. The molecule has 6 nitrogen and oxygen atoms in total. The van der Waals surface area contributed by atoms with E-state index in [1.54, 1.807) is 31.9 Å². The molecule has 0 aliphatic rings. The monoisotopic (exact) mass is 313 g/mol. The molecule has 1 N–H and O–H groups in total. The van der Waals surface area contributed by atoms with Gasteiger partial charge in [0.2, 0.25) is 11.8 Å². The normalized spacial score (nSPS) is 12.0. The number of thioether (sulfide) groups is 1. The van der Waals surface area contributed by atoms with E-state index in [-0.39, 0.29) is 17.1 Å². The Balaban J connectivity index is 2.33. The van der Waals surface area contributed by atoms with Gasteiger partial charge in [0, 0.05) is 19.7 Å². The first-order valence-electron chi connectivity index (χ1n) is 7.03. The maximum Gasteiger partial charge on any atom is 0.238 e. The summed E-state index contributed by atoms with van der Waals surface area (Å²) in [6.45, 7) is 6.37. The lowest BCUT2D eigenvalue weighted by Crippen LogP contribution is -2.31. The van der Waals surface area contributed by atoms with Crippen molar-refractivity contribution in [2.45, 2.75) is 38.9 Å². The van der Waals surface area contributed by atoms with Crippen molar-refractivity contribution in [3.05, 3.63) is 11.8 Å². The second-order valence-corrected chi connectivity index (χ2v) is 6.26. The summed E-state index contributed by atoms with van der Waals surface area (Å²) in [5, 5.41) is 6.04. The quantitative estimate of drug-likeness (QED) is 0.797. The molecule has 1 atom stereocenters. The molecule has 1 heterocycles. The predicted molar refractivity (Wildman–Crippen MR) is 84.3 cm³/mol. The molecule has 0 bridgehead atoms. The van der Waals surface area contributed by atoms with E-state index in [1.807, 2.05) is 0 Å². The summed E-state index contributed by atoms with van der Waals surface area (Å²) in [6, 6.07) is 1.65. The van der Waals surface area contributed by atoms with E-state index < -0.39 is 0 Å². The first-order chi connectivity index (χ1) is 9.93. The van der Waals surface area contributed by atoms with E-state index in [0.717, 1.165) is 19.4 Å². The van der Waals surface area contributed by atoms with Crippen molar-refractivity contribution in [2.24, 2.45) is 0 Å². The molecule has 118 valence electrons. The van der Waals surface area contributed by atoms with Gasteiger partial charge in [-0.1, -0.05) is 18.5 Å². The van der Waals surface area contributed by atoms with Gasteiger partial charge in [0.1, 0.15) is 5.76 Å². The Kier molecular flexibility index (Phi) is 7.28. The van der Waals surface area contributed by atoms with E-state index in [4.69, 9.17) is 4.52 Å². The minimum Gasteiger partial charge on any atom is -0.360 e. The van der Waals surface area contributed by atoms with Gasteiger partial charge in [-0.05, 0) is 20.3 Å². The maximum atomic E-state index is 11.9. The predicted octanol–water partition coefficient (Wildman–Crippen LogP) is 2.30. The van der Waals surface area contributed by atoms with Gasteiger partial charge in [-0.25, -0.2) is 0 Å². The fraction of sp³-hybridized carbons (Fsp3) is 0.643. The summed E-state index contributed by atoms with van der Waals surface area (Å²) in [5.41, 5.74) is 0.